The Morgan fingerprint density at radius 2 is 2.10 bits per heavy atom. The van der Waals surface area contributed by atoms with Crippen LogP contribution in [0.5, 0.6) is 5.75 Å². The van der Waals surface area contributed by atoms with Crippen molar-refractivity contribution in [3.8, 4) is 5.75 Å². The Labute approximate surface area is 120 Å². The molecule has 0 saturated heterocycles. The molecule has 0 aliphatic heterocycles. The fourth-order valence-corrected chi connectivity index (χ4v) is 2.32. The molecule has 1 aliphatic rings. The van der Waals surface area contributed by atoms with E-state index in [-0.39, 0.29) is 6.10 Å². The molecule has 3 heteroatoms. The Bertz CT molecular complexity index is 573. The van der Waals surface area contributed by atoms with Crippen molar-refractivity contribution < 1.29 is 4.74 Å². The molecule has 3 nitrogen and oxygen atoms in total. The number of pyridine rings is 1. The van der Waals surface area contributed by atoms with E-state index in [0.717, 1.165) is 23.2 Å². The molecule has 1 fully saturated rings. The van der Waals surface area contributed by atoms with Crippen LogP contribution < -0.4 is 10.1 Å². The fourth-order valence-electron chi connectivity index (χ4n) is 2.32. The molecular weight excluding hydrogens is 248 g/mol. The molecule has 1 unspecified atom stereocenters. The standard InChI is InChI=1S/C17H22N2O/c1-12(2)17(11-19-13-8-9-13)20-16-7-3-6-15-14(16)5-4-10-18-15/h3-7,10,12-13,17,19H,8-9,11H2,1-2H3. The van der Waals surface area contributed by atoms with Crippen LogP contribution in [0.4, 0.5) is 0 Å². The molecule has 0 amide bonds. The molecule has 0 radical (unpaired) electrons. The molecule has 106 valence electrons. The maximum Gasteiger partial charge on any atom is 0.129 e. The lowest BCUT2D eigenvalue weighted by atomic mass is 10.1. The number of nitrogens with zero attached hydrogens (tertiary/aromatic N) is 1. The first-order chi connectivity index (χ1) is 9.74. The van der Waals surface area contributed by atoms with Gasteiger partial charge in [0.1, 0.15) is 11.9 Å². The molecule has 1 heterocycles. The van der Waals surface area contributed by atoms with Crippen LogP contribution in [0.1, 0.15) is 26.7 Å². The molecule has 1 atom stereocenters. The van der Waals surface area contributed by atoms with Crippen molar-refractivity contribution >= 4 is 10.9 Å². The summed E-state index contributed by atoms with van der Waals surface area (Å²) < 4.78 is 6.26. The number of nitrogens with one attached hydrogen (secondary N) is 1. The Hall–Kier alpha value is -1.61. The van der Waals surface area contributed by atoms with Crippen molar-refractivity contribution in [3.63, 3.8) is 0 Å². The number of hydrogen-bond acceptors (Lipinski definition) is 3. The lowest BCUT2D eigenvalue weighted by Crippen LogP contribution is -2.36. The first-order valence-electron chi connectivity index (χ1n) is 7.48. The lowest BCUT2D eigenvalue weighted by Gasteiger charge is -2.24. The summed E-state index contributed by atoms with van der Waals surface area (Å²) in [7, 11) is 0. The molecule has 1 N–H and O–H groups in total. The van der Waals surface area contributed by atoms with Gasteiger partial charge in [-0.2, -0.15) is 0 Å². The molecule has 1 aliphatic carbocycles. The Balaban J connectivity index is 1.78. The third kappa shape index (κ3) is 3.10. The van der Waals surface area contributed by atoms with Crippen LogP contribution in [0.15, 0.2) is 36.5 Å². The number of hydrogen-bond donors (Lipinski definition) is 1. The van der Waals surface area contributed by atoms with Gasteiger partial charge in [-0.3, -0.25) is 4.98 Å². The summed E-state index contributed by atoms with van der Waals surface area (Å²) in [6, 6.07) is 10.8. The number of rotatable bonds is 6. The summed E-state index contributed by atoms with van der Waals surface area (Å²) in [6.45, 7) is 5.34. The van der Waals surface area contributed by atoms with Crippen LogP contribution in [-0.2, 0) is 0 Å². The predicted octanol–water partition coefficient (Wildman–Crippen LogP) is 3.39. The van der Waals surface area contributed by atoms with Crippen molar-refractivity contribution in [1.29, 1.82) is 0 Å². The summed E-state index contributed by atoms with van der Waals surface area (Å²) >= 11 is 0. The van der Waals surface area contributed by atoms with Gasteiger partial charge in [0.2, 0.25) is 0 Å². The van der Waals surface area contributed by atoms with Gasteiger partial charge in [0.05, 0.1) is 5.52 Å². The second kappa shape index (κ2) is 5.80. The summed E-state index contributed by atoms with van der Waals surface area (Å²) in [5.41, 5.74) is 0.989. The number of aromatic nitrogens is 1. The van der Waals surface area contributed by atoms with Crippen LogP contribution in [0, 0.1) is 5.92 Å². The van der Waals surface area contributed by atoms with Gasteiger partial charge in [0.15, 0.2) is 0 Å². The van der Waals surface area contributed by atoms with Gasteiger partial charge in [-0.25, -0.2) is 0 Å². The zero-order valence-electron chi connectivity index (χ0n) is 12.2. The van der Waals surface area contributed by atoms with E-state index < -0.39 is 0 Å². The first kappa shape index (κ1) is 13.4. The number of fused-ring (bicyclic) bond motifs is 1. The van der Waals surface area contributed by atoms with Gasteiger partial charge in [-0.05, 0) is 43.0 Å². The lowest BCUT2D eigenvalue weighted by molar-refractivity contribution is 0.150. The topological polar surface area (TPSA) is 34.1 Å². The van der Waals surface area contributed by atoms with Gasteiger partial charge in [-0.1, -0.05) is 19.9 Å². The summed E-state index contributed by atoms with van der Waals surface area (Å²) in [5.74, 6) is 1.42. The van der Waals surface area contributed by atoms with Crippen LogP contribution in [0.3, 0.4) is 0 Å². The SMILES string of the molecule is CC(C)C(CNC1CC1)Oc1cccc2ncccc12. The second-order valence-electron chi connectivity index (χ2n) is 5.91. The zero-order valence-corrected chi connectivity index (χ0v) is 12.2. The van der Waals surface area contributed by atoms with Crippen molar-refractivity contribution in [2.75, 3.05) is 6.54 Å². The first-order valence-corrected chi connectivity index (χ1v) is 7.48. The van der Waals surface area contributed by atoms with Gasteiger partial charge < -0.3 is 10.1 Å². The monoisotopic (exact) mass is 270 g/mol. The predicted molar refractivity (Wildman–Crippen MR) is 82.0 cm³/mol. The van der Waals surface area contributed by atoms with Gasteiger partial charge in [-0.15, -0.1) is 0 Å². The van der Waals surface area contributed by atoms with Gasteiger partial charge in [0.25, 0.3) is 0 Å². The highest BCUT2D eigenvalue weighted by Crippen LogP contribution is 2.26. The van der Waals surface area contributed by atoms with E-state index in [9.17, 15) is 0 Å². The van der Waals surface area contributed by atoms with E-state index in [1.165, 1.54) is 12.8 Å². The van der Waals surface area contributed by atoms with E-state index >= 15 is 0 Å². The van der Waals surface area contributed by atoms with Gasteiger partial charge >= 0.3 is 0 Å². The molecule has 2 aromatic rings. The minimum absolute atomic E-state index is 0.196. The number of ether oxygens (including phenoxy) is 1. The van der Waals surface area contributed by atoms with E-state index in [4.69, 9.17) is 4.74 Å². The highest BCUT2D eigenvalue weighted by Gasteiger charge is 2.24. The molecule has 1 aromatic carbocycles. The summed E-state index contributed by atoms with van der Waals surface area (Å²) in [5, 5.41) is 4.66. The van der Waals surface area contributed by atoms with Crippen LogP contribution in [0.2, 0.25) is 0 Å². The minimum atomic E-state index is 0.196. The van der Waals surface area contributed by atoms with E-state index in [1.807, 2.05) is 30.5 Å². The molecule has 1 saturated carbocycles. The number of benzene rings is 1. The Morgan fingerprint density at radius 3 is 2.85 bits per heavy atom. The van der Waals surface area contributed by atoms with Crippen LogP contribution >= 0.6 is 0 Å². The van der Waals surface area contributed by atoms with Crippen LogP contribution in [0.25, 0.3) is 10.9 Å². The van der Waals surface area contributed by atoms with Crippen LogP contribution in [-0.4, -0.2) is 23.7 Å². The van der Waals surface area contributed by atoms with E-state index in [0.29, 0.717) is 12.0 Å². The normalized spacial score (nSPS) is 16.6. The molecule has 0 bridgehead atoms. The third-order valence-electron chi connectivity index (χ3n) is 3.81. The average Bonchev–Trinajstić information content (AvgIpc) is 3.27. The van der Waals surface area contributed by atoms with Gasteiger partial charge in [0, 0.05) is 24.2 Å². The Kier molecular flexibility index (Phi) is 3.88. The van der Waals surface area contributed by atoms with Crippen molar-refractivity contribution in [1.82, 2.24) is 10.3 Å². The molecular formula is C17H22N2O. The van der Waals surface area contributed by atoms with Crippen molar-refractivity contribution in [3.05, 3.63) is 36.5 Å². The molecule has 3 rings (SSSR count). The molecule has 20 heavy (non-hydrogen) atoms. The summed E-state index contributed by atoms with van der Waals surface area (Å²) in [4.78, 5) is 4.38. The largest absolute Gasteiger partial charge is 0.488 e. The molecule has 0 spiro atoms. The van der Waals surface area contributed by atoms with E-state index in [2.05, 4.69) is 30.2 Å². The minimum Gasteiger partial charge on any atom is -0.488 e. The smallest absolute Gasteiger partial charge is 0.129 e. The van der Waals surface area contributed by atoms with E-state index in [1.54, 1.807) is 0 Å². The quantitative estimate of drug-likeness (QED) is 0.873. The molecule has 1 aromatic heterocycles. The second-order valence-corrected chi connectivity index (χ2v) is 5.91. The average molecular weight is 270 g/mol. The highest BCUT2D eigenvalue weighted by atomic mass is 16.5. The van der Waals surface area contributed by atoms with Crippen molar-refractivity contribution in [2.45, 2.75) is 38.8 Å². The zero-order chi connectivity index (χ0) is 13.9. The maximum absolute atomic E-state index is 6.26. The Morgan fingerprint density at radius 1 is 1.25 bits per heavy atom. The third-order valence-corrected chi connectivity index (χ3v) is 3.81. The highest BCUT2D eigenvalue weighted by molar-refractivity contribution is 5.84. The van der Waals surface area contributed by atoms with Crippen molar-refractivity contribution in [2.24, 2.45) is 5.92 Å². The maximum atomic E-state index is 6.26. The fraction of sp³-hybridized carbons (Fsp3) is 0.471. The summed E-state index contributed by atoms with van der Waals surface area (Å²) in [6.07, 6.45) is 4.63.